The van der Waals surface area contributed by atoms with E-state index in [9.17, 15) is 14.0 Å². The molecule has 7 nitrogen and oxygen atoms in total. The molecular formula is C18H16FN3O4. The molecular weight excluding hydrogens is 341 g/mol. The number of hydrogen-bond donors (Lipinski definition) is 2. The second kappa shape index (κ2) is 7.64. The Labute approximate surface area is 147 Å². The normalized spacial score (nSPS) is 10.7. The SMILES string of the molecule is O=C(O)Nc1ccc2ncn(CCCOc3ccccc3F)c(=O)c2c1. The van der Waals surface area contributed by atoms with Crippen LogP contribution >= 0.6 is 0 Å². The van der Waals surface area contributed by atoms with Crippen molar-refractivity contribution in [1.82, 2.24) is 9.55 Å². The molecule has 3 aromatic rings. The quantitative estimate of drug-likeness (QED) is 0.661. The molecule has 26 heavy (non-hydrogen) atoms. The van der Waals surface area contributed by atoms with Gasteiger partial charge in [-0.1, -0.05) is 12.1 Å². The van der Waals surface area contributed by atoms with E-state index in [0.717, 1.165) is 0 Å². The molecule has 134 valence electrons. The molecule has 2 aromatic carbocycles. The number of para-hydroxylation sites is 1. The average Bonchev–Trinajstić information content (AvgIpc) is 2.61. The van der Waals surface area contributed by atoms with E-state index in [2.05, 4.69) is 10.3 Å². The summed E-state index contributed by atoms with van der Waals surface area (Å²) in [5.74, 6) is -0.267. The number of nitrogens with one attached hydrogen (secondary N) is 1. The number of hydrogen-bond acceptors (Lipinski definition) is 4. The van der Waals surface area contributed by atoms with Crippen LogP contribution in [0.2, 0.25) is 0 Å². The van der Waals surface area contributed by atoms with Gasteiger partial charge in [-0.25, -0.2) is 14.2 Å². The van der Waals surface area contributed by atoms with E-state index >= 15 is 0 Å². The number of rotatable bonds is 6. The minimum absolute atomic E-state index is 0.167. The highest BCUT2D eigenvalue weighted by Gasteiger charge is 2.07. The third kappa shape index (κ3) is 3.97. The number of aryl methyl sites for hydroxylation is 1. The molecule has 0 aliphatic heterocycles. The maximum atomic E-state index is 13.5. The van der Waals surface area contributed by atoms with E-state index in [1.165, 1.54) is 35.2 Å². The Kier molecular flexibility index (Phi) is 5.12. The molecule has 0 radical (unpaired) electrons. The standard InChI is InChI=1S/C18H16FN3O4/c19-14-4-1-2-5-16(14)26-9-3-8-22-11-20-15-7-6-12(21-18(24)25)10-13(15)17(22)23/h1-2,4-7,10-11,21H,3,8-9H2,(H,24,25). The summed E-state index contributed by atoms with van der Waals surface area (Å²) in [4.78, 5) is 27.5. The van der Waals surface area contributed by atoms with Crippen LogP contribution in [0, 0.1) is 5.82 Å². The molecule has 1 amide bonds. The predicted octanol–water partition coefficient (Wildman–Crippen LogP) is 3.09. The van der Waals surface area contributed by atoms with E-state index in [1.807, 2.05) is 0 Å². The average molecular weight is 357 g/mol. The van der Waals surface area contributed by atoms with Crippen LogP contribution in [0.25, 0.3) is 10.9 Å². The van der Waals surface area contributed by atoms with Gasteiger partial charge in [0.05, 0.1) is 23.8 Å². The van der Waals surface area contributed by atoms with Gasteiger partial charge in [-0.15, -0.1) is 0 Å². The van der Waals surface area contributed by atoms with Crippen molar-refractivity contribution in [3.63, 3.8) is 0 Å². The van der Waals surface area contributed by atoms with Crippen molar-refractivity contribution in [2.45, 2.75) is 13.0 Å². The number of carboxylic acid groups (broad SMARTS) is 1. The van der Waals surface area contributed by atoms with Gasteiger partial charge in [0.15, 0.2) is 11.6 Å². The Morgan fingerprint density at radius 3 is 2.85 bits per heavy atom. The molecule has 0 atom stereocenters. The van der Waals surface area contributed by atoms with Crippen molar-refractivity contribution in [3.8, 4) is 5.75 Å². The van der Waals surface area contributed by atoms with Crippen LogP contribution in [0.1, 0.15) is 6.42 Å². The van der Waals surface area contributed by atoms with Crippen LogP contribution in [0.4, 0.5) is 14.9 Å². The third-order valence-corrected chi connectivity index (χ3v) is 3.71. The largest absolute Gasteiger partial charge is 0.490 e. The molecule has 0 saturated carbocycles. The molecule has 1 aromatic heterocycles. The molecule has 0 bridgehead atoms. The van der Waals surface area contributed by atoms with Crippen molar-refractivity contribution in [1.29, 1.82) is 0 Å². The highest BCUT2D eigenvalue weighted by Crippen LogP contribution is 2.16. The predicted molar refractivity (Wildman–Crippen MR) is 94.2 cm³/mol. The number of nitrogens with zero attached hydrogens (tertiary/aromatic N) is 2. The van der Waals surface area contributed by atoms with Crippen molar-refractivity contribution in [2.75, 3.05) is 11.9 Å². The minimum atomic E-state index is -1.21. The first-order valence-electron chi connectivity index (χ1n) is 7.91. The highest BCUT2D eigenvalue weighted by atomic mass is 19.1. The van der Waals surface area contributed by atoms with Crippen LogP contribution in [-0.2, 0) is 6.54 Å². The first-order chi connectivity index (χ1) is 12.5. The maximum Gasteiger partial charge on any atom is 0.409 e. The van der Waals surface area contributed by atoms with Gasteiger partial charge >= 0.3 is 6.09 Å². The summed E-state index contributed by atoms with van der Waals surface area (Å²) < 4.78 is 20.2. The summed E-state index contributed by atoms with van der Waals surface area (Å²) in [6.07, 6.45) is 0.700. The zero-order valence-corrected chi connectivity index (χ0v) is 13.7. The van der Waals surface area contributed by atoms with Gasteiger partial charge in [0, 0.05) is 12.2 Å². The van der Waals surface area contributed by atoms with Crippen molar-refractivity contribution in [3.05, 3.63) is 65.0 Å². The number of ether oxygens (including phenoxy) is 1. The van der Waals surface area contributed by atoms with Crippen LogP contribution < -0.4 is 15.6 Å². The number of anilines is 1. The number of amides is 1. The lowest BCUT2D eigenvalue weighted by Gasteiger charge is -2.09. The smallest absolute Gasteiger partial charge is 0.409 e. The fourth-order valence-electron chi connectivity index (χ4n) is 2.50. The molecule has 0 aliphatic carbocycles. The van der Waals surface area contributed by atoms with Gasteiger partial charge in [-0.3, -0.25) is 14.7 Å². The van der Waals surface area contributed by atoms with Gasteiger partial charge in [0.2, 0.25) is 0 Å². The third-order valence-electron chi connectivity index (χ3n) is 3.71. The summed E-state index contributed by atoms with van der Waals surface area (Å²) in [6, 6.07) is 10.7. The van der Waals surface area contributed by atoms with E-state index in [1.54, 1.807) is 18.2 Å². The molecule has 0 aliphatic rings. The Bertz CT molecular complexity index is 1000. The lowest BCUT2D eigenvalue weighted by Crippen LogP contribution is -2.22. The van der Waals surface area contributed by atoms with E-state index < -0.39 is 11.9 Å². The van der Waals surface area contributed by atoms with Crippen LogP contribution in [0.5, 0.6) is 5.75 Å². The summed E-state index contributed by atoms with van der Waals surface area (Å²) >= 11 is 0. The summed E-state index contributed by atoms with van der Waals surface area (Å²) in [7, 11) is 0. The maximum absolute atomic E-state index is 13.5. The van der Waals surface area contributed by atoms with Crippen molar-refractivity contribution < 1.29 is 19.0 Å². The number of fused-ring (bicyclic) bond motifs is 1. The second-order valence-corrected chi connectivity index (χ2v) is 5.54. The summed E-state index contributed by atoms with van der Waals surface area (Å²) in [5, 5.41) is 11.3. The van der Waals surface area contributed by atoms with E-state index in [4.69, 9.17) is 9.84 Å². The summed E-state index contributed by atoms with van der Waals surface area (Å²) in [6.45, 7) is 0.582. The van der Waals surface area contributed by atoms with E-state index in [0.29, 0.717) is 29.6 Å². The molecule has 0 saturated heterocycles. The lowest BCUT2D eigenvalue weighted by molar-refractivity contribution is 0.210. The molecule has 0 spiro atoms. The van der Waals surface area contributed by atoms with Crippen molar-refractivity contribution in [2.24, 2.45) is 0 Å². The van der Waals surface area contributed by atoms with Crippen LogP contribution in [0.15, 0.2) is 53.6 Å². The second-order valence-electron chi connectivity index (χ2n) is 5.54. The molecule has 2 N–H and O–H groups in total. The van der Waals surface area contributed by atoms with Gasteiger partial charge in [0.25, 0.3) is 5.56 Å². The first-order valence-corrected chi connectivity index (χ1v) is 7.91. The van der Waals surface area contributed by atoms with E-state index in [-0.39, 0.29) is 17.9 Å². The Morgan fingerprint density at radius 1 is 1.27 bits per heavy atom. The highest BCUT2D eigenvalue weighted by molar-refractivity contribution is 5.88. The number of carbonyl (C=O) groups is 1. The van der Waals surface area contributed by atoms with Gasteiger partial charge in [-0.2, -0.15) is 0 Å². The lowest BCUT2D eigenvalue weighted by atomic mass is 10.2. The monoisotopic (exact) mass is 357 g/mol. The number of halogens is 1. The number of aromatic nitrogens is 2. The van der Waals surface area contributed by atoms with Crippen LogP contribution in [0.3, 0.4) is 0 Å². The first kappa shape index (κ1) is 17.4. The van der Waals surface area contributed by atoms with Gasteiger partial charge in [0.1, 0.15) is 0 Å². The Balaban J connectivity index is 1.69. The minimum Gasteiger partial charge on any atom is -0.490 e. The van der Waals surface area contributed by atoms with Gasteiger partial charge in [-0.05, 0) is 36.8 Å². The molecule has 0 unspecified atom stereocenters. The molecule has 1 heterocycles. The molecule has 0 fully saturated rings. The van der Waals surface area contributed by atoms with Crippen LogP contribution in [-0.4, -0.2) is 27.4 Å². The van der Waals surface area contributed by atoms with Crippen molar-refractivity contribution >= 4 is 22.7 Å². The molecule has 3 rings (SSSR count). The summed E-state index contributed by atoms with van der Waals surface area (Å²) in [5.41, 5.74) is 0.490. The zero-order valence-electron chi connectivity index (χ0n) is 13.7. The fraction of sp³-hybridized carbons (Fsp3) is 0.167. The van der Waals surface area contributed by atoms with Gasteiger partial charge < -0.3 is 9.84 Å². The topological polar surface area (TPSA) is 93.5 Å². The Morgan fingerprint density at radius 2 is 2.08 bits per heavy atom. The molecule has 8 heteroatoms. The zero-order chi connectivity index (χ0) is 18.5. The Hall–Kier alpha value is -3.42. The fourth-order valence-corrected chi connectivity index (χ4v) is 2.50. The number of benzene rings is 2.